The number of nitrogens with zero attached hydrogens (tertiary/aromatic N) is 2. The van der Waals surface area contributed by atoms with E-state index in [1.165, 1.54) is 0 Å². The van der Waals surface area contributed by atoms with Gasteiger partial charge in [0.05, 0.1) is 6.42 Å². The second-order valence-electron chi connectivity index (χ2n) is 4.36. The van der Waals surface area contributed by atoms with Crippen LogP contribution in [-0.2, 0) is 19.2 Å². The van der Waals surface area contributed by atoms with Gasteiger partial charge in [0.1, 0.15) is 11.8 Å². The second-order valence-corrected chi connectivity index (χ2v) is 4.36. The standard InChI is InChI=1S/C11H14N2O8/c14-6(15)4-5(9(16)17)13-3-1-2-12-7(10(18)19)8(13)11(20)21/h5,8H,1-4H2,(H,14,15)(H,16,17)(H,18,19)(H,20,21). The molecule has 1 rings (SSSR count). The number of carboxylic acid groups (broad SMARTS) is 4. The van der Waals surface area contributed by atoms with E-state index in [0.717, 1.165) is 4.90 Å². The molecule has 0 fully saturated rings. The molecule has 0 aromatic rings. The van der Waals surface area contributed by atoms with E-state index < -0.39 is 48.1 Å². The second kappa shape index (κ2) is 6.79. The summed E-state index contributed by atoms with van der Waals surface area (Å²) in [4.78, 5) is 48.9. The minimum Gasteiger partial charge on any atom is -0.481 e. The lowest BCUT2D eigenvalue weighted by atomic mass is 10.0. The molecule has 116 valence electrons. The summed E-state index contributed by atoms with van der Waals surface area (Å²) in [5.41, 5.74) is -0.698. The van der Waals surface area contributed by atoms with Gasteiger partial charge in [0.2, 0.25) is 0 Å². The number of rotatable bonds is 6. The highest BCUT2D eigenvalue weighted by Crippen LogP contribution is 2.16. The van der Waals surface area contributed by atoms with Crippen molar-refractivity contribution in [1.29, 1.82) is 0 Å². The Morgan fingerprint density at radius 3 is 2.24 bits per heavy atom. The minimum atomic E-state index is -1.80. The summed E-state index contributed by atoms with van der Waals surface area (Å²) in [5, 5.41) is 36.1. The lowest BCUT2D eigenvalue weighted by Gasteiger charge is -2.31. The van der Waals surface area contributed by atoms with E-state index in [1.54, 1.807) is 0 Å². The molecule has 1 aliphatic heterocycles. The first-order chi connectivity index (χ1) is 9.75. The molecule has 1 aliphatic rings. The lowest BCUT2D eigenvalue weighted by Crippen LogP contribution is -2.56. The maximum Gasteiger partial charge on any atom is 0.352 e. The molecule has 0 saturated heterocycles. The molecular formula is C11H14N2O8. The van der Waals surface area contributed by atoms with E-state index >= 15 is 0 Å². The molecule has 0 aliphatic carbocycles. The Labute approximate surface area is 118 Å². The molecule has 0 aromatic carbocycles. The molecule has 0 saturated carbocycles. The number of carboxylic acids is 4. The van der Waals surface area contributed by atoms with Gasteiger partial charge in [-0.25, -0.2) is 4.79 Å². The predicted octanol–water partition coefficient (Wildman–Crippen LogP) is -1.40. The van der Waals surface area contributed by atoms with Gasteiger partial charge in [0.15, 0.2) is 6.04 Å². The normalized spacial score (nSPS) is 21.0. The van der Waals surface area contributed by atoms with Crippen LogP contribution < -0.4 is 0 Å². The highest BCUT2D eigenvalue weighted by molar-refractivity contribution is 6.41. The van der Waals surface area contributed by atoms with Crippen molar-refractivity contribution in [3.63, 3.8) is 0 Å². The van der Waals surface area contributed by atoms with Crippen LogP contribution in [0.25, 0.3) is 0 Å². The summed E-state index contributed by atoms with van der Waals surface area (Å²) in [6, 6.07) is -3.45. The number of hydrogen-bond acceptors (Lipinski definition) is 6. The fourth-order valence-electron chi connectivity index (χ4n) is 2.12. The van der Waals surface area contributed by atoms with Crippen LogP contribution >= 0.6 is 0 Å². The van der Waals surface area contributed by atoms with Crippen molar-refractivity contribution < 1.29 is 39.6 Å². The SMILES string of the molecule is O=C(O)CC(C(=O)O)N1CCCN=C(C(=O)O)C1C(=O)O. The zero-order valence-corrected chi connectivity index (χ0v) is 10.8. The van der Waals surface area contributed by atoms with E-state index in [2.05, 4.69) is 4.99 Å². The third-order valence-electron chi connectivity index (χ3n) is 2.95. The Kier molecular flexibility index (Phi) is 5.36. The van der Waals surface area contributed by atoms with Crippen molar-refractivity contribution in [2.24, 2.45) is 4.99 Å². The first-order valence-electron chi connectivity index (χ1n) is 5.96. The summed E-state index contributed by atoms with van der Waals surface area (Å²) < 4.78 is 0. The van der Waals surface area contributed by atoms with E-state index in [0.29, 0.717) is 0 Å². The maximum absolute atomic E-state index is 11.3. The molecule has 10 heteroatoms. The van der Waals surface area contributed by atoms with Gasteiger partial charge in [0, 0.05) is 13.1 Å². The zero-order valence-electron chi connectivity index (χ0n) is 10.8. The highest BCUT2D eigenvalue weighted by Gasteiger charge is 2.42. The minimum absolute atomic E-state index is 0.0291. The van der Waals surface area contributed by atoms with Crippen molar-refractivity contribution in [2.75, 3.05) is 13.1 Å². The molecule has 0 amide bonds. The van der Waals surface area contributed by atoms with E-state index in [9.17, 15) is 24.3 Å². The summed E-state index contributed by atoms with van der Waals surface area (Å²) in [6.07, 6.45) is -0.615. The third kappa shape index (κ3) is 3.99. The first-order valence-corrected chi connectivity index (χ1v) is 5.96. The Morgan fingerprint density at radius 2 is 1.81 bits per heavy atom. The van der Waals surface area contributed by atoms with Crippen LogP contribution in [0, 0.1) is 0 Å². The molecule has 2 atom stereocenters. The lowest BCUT2D eigenvalue weighted by molar-refractivity contribution is -0.154. The Bertz CT molecular complexity index is 500. The monoisotopic (exact) mass is 302 g/mol. The predicted molar refractivity (Wildman–Crippen MR) is 66.4 cm³/mol. The Morgan fingerprint density at radius 1 is 1.19 bits per heavy atom. The van der Waals surface area contributed by atoms with E-state index in [1.807, 2.05) is 0 Å². The molecule has 1 heterocycles. The largest absolute Gasteiger partial charge is 0.481 e. The molecule has 0 radical (unpaired) electrons. The van der Waals surface area contributed by atoms with Gasteiger partial charge >= 0.3 is 23.9 Å². The van der Waals surface area contributed by atoms with Crippen molar-refractivity contribution in [2.45, 2.75) is 24.9 Å². The van der Waals surface area contributed by atoms with Gasteiger partial charge in [-0.05, 0) is 6.42 Å². The average Bonchev–Trinajstić information content (AvgIpc) is 2.57. The fraction of sp³-hybridized carbons (Fsp3) is 0.545. The van der Waals surface area contributed by atoms with Crippen molar-refractivity contribution in [3.8, 4) is 0 Å². The summed E-state index contributed by atoms with van der Waals surface area (Å²) in [5.74, 6) is -6.12. The Hall–Kier alpha value is -2.49. The van der Waals surface area contributed by atoms with Crippen LogP contribution in [0.2, 0.25) is 0 Å². The molecule has 4 N–H and O–H groups in total. The highest BCUT2D eigenvalue weighted by atomic mass is 16.4. The number of hydrogen-bond donors (Lipinski definition) is 4. The van der Waals surface area contributed by atoms with Crippen LogP contribution in [0.5, 0.6) is 0 Å². The summed E-state index contributed by atoms with van der Waals surface area (Å²) in [6.45, 7) is -0.0528. The van der Waals surface area contributed by atoms with Gasteiger partial charge in [-0.3, -0.25) is 24.3 Å². The summed E-state index contributed by atoms with van der Waals surface area (Å²) in [7, 11) is 0. The average molecular weight is 302 g/mol. The zero-order chi connectivity index (χ0) is 16.2. The first kappa shape index (κ1) is 16.6. The molecule has 10 nitrogen and oxygen atoms in total. The van der Waals surface area contributed by atoms with Crippen molar-refractivity contribution in [1.82, 2.24) is 4.90 Å². The third-order valence-corrected chi connectivity index (χ3v) is 2.95. The fourth-order valence-corrected chi connectivity index (χ4v) is 2.12. The number of carbonyl (C=O) groups is 4. The van der Waals surface area contributed by atoms with Crippen LogP contribution in [0.1, 0.15) is 12.8 Å². The van der Waals surface area contributed by atoms with E-state index in [4.69, 9.17) is 15.3 Å². The van der Waals surface area contributed by atoms with E-state index in [-0.39, 0.29) is 19.5 Å². The molecular weight excluding hydrogens is 288 g/mol. The topological polar surface area (TPSA) is 165 Å². The molecule has 0 aromatic heterocycles. The van der Waals surface area contributed by atoms with Gasteiger partial charge in [-0.2, -0.15) is 0 Å². The number of aliphatic carboxylic acids is 4. The smallest absolute Gasteiger partial charge is 0.352 e. The molecule has 0 bridgehead atoms. The van der Waals surface area contributed by atoms with Gasteiger partial charge in [-0.15, -0.1) is 0 Å². The van der Waals surface area contributed by atoms with Gasteiger partial charge in [-0.1, -0.05) is 0 Å². The quantitative estimate of drug-likeness (QED) is 0.461. The van der Waals surface area contributed by atoms with Crippen molar-refractivity contribution >= 4 is 29.6 Å². The van der Waals surface area contributed by atoms with Crippen LogP contribution in [0.4, 0.5) is 0 Å². The number of aliphatic imine (C=N–C) groups is 1. The Balaban J connectivity index is 3.24. The van der Waals surface area contributed by atoms with Gasteiger partial charge < -0.3 is 20.4 Å². The van der Waals surface area contributed by atoms with Crippen LogP contribution in [-0.4, -0.2) is 80.1 Å². The van der Waals surface area contributed by atoms with Crippen molar-refractivity contribution in [3.05, 3.63) is 0 Å². The molecule has 2 unspecified atom stereocenters. The van der Waals surface area contributed by atoms with Crippen LogP contribution in [0.3, 0.4) is 0 Å². The maximum atomic E-state index is 11.3. The summed E-state index contributed by atoms with van der Waals surface area (Å²) >= 11 is 0. The molecule has 21 heavy (non-hydrogen) atoms. The molecule has 0 spiro atoms. The van der Waals surface area contributed by atoms with Gasteiger partial charge in [0.25, 0.3) is 0 Å². The van der Waals surface area contributed by atoms with Crippen LogP contribution in [0.15, 0.2) is 4.99 Å².